The number of carboxylic acid groups (broad SMARTS) is 1. The highest BCUT2D eigenvalue weighted by Crippen LogP contribution is 2.24. The maximum atomic E-state index is 11.0. The van der Waals surface area contributed by atoms with Gasteiger partial charge in [-0.05, 0) is 18.1 Å². The molecular formula is C10H11O3P. The van der Waals surface area contributed by atoms with E-state index in [1.807, 2.05) is 9.47 Å². The molecule has 0 heterocycles. The Kier molecular flexibility index (Phi) is 3.66. The number of allylic oxidation sites excluding steroid dienone is 1. The lowest BCUT2D eigenvalue weighted by atomic mass is 10.0. The second-order valence-electron chi connectivity index (χ2n) is 2.71. The first kappa shape index (κ1) is 10.7. The van der Waals surface area contributed by atoms with Gasteiger partial charge in [-0.1, -0.05) is 18.2 Å². The summed E-state index contributed by atoms with van der Waals surface area (Å²) in [7, 11) is 2.04. The molecule has 0 saturated heterocycles. The fourth-order valence-corrected chi connectivity index (χ4v) is 1.44. The second-order valence-corrected chi connectivity index (χ2v) is 2.94. The van der Waals surface area contributed by atoms with Crippen LogP contribution in [0, 0.1) is 0 Å². The Morgan fingerprint density at radius 2 is 2.36 bits per heavy atom. The number of rotatable bonds is 4. The average molecular weight is 210 g/mol. The molecule has 1 N–H and O–H groups in total. The monoisotopic (exact) mass is 210 g/mol. The van der Waals surface area contributed by atoms with Crippen molar-refractivity contribution in [2.45, 2.75) is 6.42 Å². The number of carboxylic acids is 1. The van der Waals surface area contributed by atoms with Gasteiger partial charge in [0, 0.05) is 0 Å². The van der Waals surface area contributed by atoms with Crippen LogP contribution in [0.15, 0.2) is 30.9 Å². The van der Waals surface area contributed by atoms with Gasteiger partial charge in [0.25, 0.3) is 0 Å². The standard InChI is InChI=1S/C10H11O3P/c1-2-4-7-5-3-6-8(13-14)9(7)10(11)12/h2-3,5-6H,1,4,14H2,(H,11,12). The summed E-state index contributed by atoms with van der Waals surface area (Å²) in [6, 6.07) is 5.12. The van der Waals surface area contributed by atoms with Crippen LogP contribution in [-0.2, 0) is 6.42 Å². The van der Waals surface area contributed by atoms with Crippen molar-refractivity contribution in [1.82, 2.24) is 0 Å². The molecule has 0 saturated carbocycles. The first-order valence-corrected chi connectivity index (χ1v) is 4.50. The fourth-order valence-electron chi connectivity index (χ4n) is 1.24. The van der Waals surface area contributed by atoms with Crippen LogP contribution < -0.4 is 4.52 Å². The number of benzene rings is 1. The van der Waals surface area contributed by atoms with E-state index in [2.05, 4.69) is 6.58 Å². The van der Waals surface area contributed by atoms with Gasteiger partial charge < -0.3 is 9.63 Å². The zero-order valence-corrected chi connectivity index (χ0v) is 8.72. The van der Waals surface area contributed by atoms with E-state index in [-0.39, 0.29) is 5.56 Å². The van der Waals surface area contributed by atoms with Crippen molar-refractivity contribution in [2.24, 2.45) is 0 Å². The molecule has 14 heavy (non-hydrogen) atoms. The zero-order chi connectivity index (χ0) is 10.6. The van der Waals surface area contributed by atoms with Crippen LogP contribution in [0.1, 0.15) is 15.9 Å². The lowest BCUT2D eigenvalue weighted by Crippen LogP contribution is -2.03. The lowest BCUT2D eigenvalue weighted by molar-refractivity contribution is 0.0694. The first-order chi connectivity index (χ1) is 6.70. The third-order valence-electron chi connectivity index (χ3n) is 1.82. The van der Waals surface area contributed by atoms with E-state index in [4.69, 9.17) is 9.63 Å². The first-order valence-electron chi connectivity index (χ1n) is 4.03. The van der Waals surface area contributed by atoms with Crippen LogP contribution in [0.3, 0.4) is 0 Å². The minimum Gasteiger partial charge on any atom is -0.479 e. The molecule has 0 aliphatic heterocycles. The molecule has 0 radical (unpaired) electrons. The largest absolute Gasteiger partial charge is 0.479 e. The molecule has 0 fully saturated rings. The summed E-state index contributed by atoms with van der Waals surface area (Å²) in [4.78, 5) is 11.0. The van der Waals surface area contributed by atoms with Crippen molar-refractivity contribution >= 4 is 15.4 Å². The van der Waals surface area contributed by atoms with Gasteiger partial charge in [0.2, 0.25) is 0 Å². The molecular weight excluding hydrogens is 199 g/mol. The van der Waals surface area contributed by atoms with Crippen LogP contribution in [0.2, 0.25) is 0 Å². The smallest absolute Gasteiger partial charge is 0.339 e. The van der Waals surface area contributed by atoms with E-state index >= 15 is 0 Å². The summed E-state index contributed by atoms with van der Waals surface area (Å²) < 4.78 is 4.90. The van der Waals surface area contributed by atoms with Gasteiger partial charge in [0.05, 0.1) is 9.47 Å². The molecule has 0 aliphatic carbocycles. The van der Waals surface area contributed by atoms with Crippen molar-refractivity contribution < 1.29 is 14.4 Å². The molecule has 1 atom stereocenters. The summed E-state index contributed by atoms with van der Waals surface area (Å²) in [5, 5.41) is 8.98. The predicted octanol–water partition coefficient (Wildman–Crippen LogP) is 2.28. The number of hydrogen-bond acceptors (Lipinski definition) is 2. The molecule has 1 rings (SSSR count). The van der Waals surface area contributed by atoms with Gasteiger partial charge in [0.1, 0.15) is 11.3 Å². The predicted molar refractivity (Wildman–Crippen MR) is 57.6 cm³/mol. The fraction of sp³-hybridized carbons (Fsp3) is 0.100. The van der Waals surface area contributed by atoms with Crippen LogP contribution in [0.5, 0.6) is 5.75 Å². The van der Waals surface area contributed by atoms with E-state index in [9.17, 15) is 4.79 Å². The molecule has 0 amide bonds. The maximum Gasteiger partial charge on any atom is 0.339 e. The number of carbonyl (C=O) groups is 1. The van der Waals surface area contributed by atoms with E-state index < -0.39 is 5.97 Å². The minimum absolute atomic E-state index is 0.197. The molecule has 0 aromatic heterocycles. The third kappa shape index (κ3) is 2.12. The van der Waals surface area contributed by atoms with Gasteiger partial charge in [-0.15, -0.1) is 6.58 Å². The molecule has 3 nitrogen and oxygen atoms in total. The maximum absolute atomic E-state index is 11.0. The third-order valence-corrected chi connectivity index (χ3v) is 2.07. The minimum atomic E-state index is -0.986. The summed E-state index contributed by atoms with van der Waals surface area (Å²) in [5.74, 6) is -0.637. The van der Waals surface area contributed by atoms with E-state index in [1.165, 1.54) is 0 Å². The van der Waals surface area contributed by atoms with E-state index in [1.54, 1.807) is 24.3 Å². The van der Waals surface area contributed by atoms with Crippen LogP contribution in [0.25, 0.3) is 0 Å². The highest BCUT2D eigenvalue weighted by molar-refractivity contribution is 7.10. The topological polar surface area (TPSA) is 46.5 Å². The van der Waals surface area contributed by atoms with Crippen molar-refractivity contribution in [1.29, 1.82) is 0 Å². The van der Waals surface area contributed by atoms with Gasteiger partial charge in [-0.3, -0.25) is 0 Å². The highest BCUT2D eigenvalue weighted by atomic mass is 31.0. The Morgan fingerprint density at radius 3 is 2.86 bits per heavy atom. The Labute approximate surface area is 84.7 Å². The van der Waals surface area contributed by atoms with Gasteiger partial charge >= 0.3 is 5.97 Å². The van der Waals surface area contributed by atoms with Crippen LogP contribution >= 0.6 is 9.47 Å². The Morgan fingerprint density at radius 1 is 1.64 bits per heavy atom. The van der Waals surface area contributed by atoms with Crippen molar-refractivity contribution in [3.05, 3.63) is 42.0 Å². The van der Waals surface area contributed by atoms with Crippen LogP contribution in [0.4, 0.5) is 0 Å². The van der Waals surface area contributed by atoms with Gasteiger partial charge in [0.15, 0.2) is 0 Å². The lowest BCUT2D eigenvalue weighted by Gasteiger charge is -2.08. The number of hydrogen-bond donors (Lipinski definition) is 1. The molecule has 0 aliphatic rings. The molecule has 4 heteroatoms. The molecule has 1 unspecified atom stereocenters. The Bertz CT molecular complexity index is 360. The quantitative estimate of drug-likeness (QED) is 0.612. The van der Waals surface area contributed by atoms with E-state index in [0.717, 1.165) is 0 Å². The Hall–Kier alpha value is -1.34. The Balaban J connectivity index is 3.27. The van der Waals surface area contributed by atoms with Crippen molar-refractivity contribution in [2.75, 3.05) is 0 Å². The molecule has 0 spiro atoms. The zero-order valence-electron chi connectivity index (χ0n) is 7.56. The van der Waals surface area contributed by atoms with Gasteiger partial charge in [-0.25, -0.2) is 4.79 Å². The summed E-state index contributed by atoms with van der Waals surface area (Å²) >= 11 is 0. The van der Waals surface area contributed by atoms with Gasteiger partial charge in [-0.2, -0.15) is 0 Å². The molecule has 74 valence electrons. The highest BCUT2D eigenvalue weighted by Gasteiger charge is 2.14. The summed E-state index contributed by atoms with van der Waals surface area (Å²) in [6.45, 7) is 3.57. The van der Waals surface area contributed by atoms with Crippen LogP contribution in [-0.4, -0.2) is 11.1 Å². The van der Waals surface area contributed by atoms with Crippen molar-refractivity contribution in [3.8, 4) is 5.75 Å². The second kappa shape index (κ2) is 4.77. The summed E-state index contributed by atoms with van der Waals surface area (Å²) in [5.41, 5.74) is 0.898. The summed E-state index contributed by atoms with van der Waals surface area (Å²) in [6.07, 6.45) is 2.18. The number of aromatic carboxylic acids is 1. The SMILES string of the molecule is C=CCc1cccc(OP)c1C(=O)O. The van der Waals surface area contributed by atoms with E-state index in [0.29, 0.717) is 17.7 Å². The molecule has 1 aromatic rings. The average Bonchev–Trinajstić information content (AvgIpc) is 2.17. The normalized spacial score (nSPS) is 9.50. The molecule has 0 bridgehead atoms. The van der Waals surface area contributed by atoms with Crippen molar-refractivity contribution in [3.63, 3.8) is 0 Å². The molecule has 1 aromatic carbocycles.